The highest BCUT2D eigenvalue weighted by Gasteiger charge is 2.36. The van der Waals surface area contributed by atoms with Gasteiger partial charge in [0, 0.05) is 25.3 Å². The molecule has 184 valence electrons. The second kappa shape index (κ2) is 8.66. The third-order valence-electron chi connectivity index (χ3n) is 6.19. The fraction of sp³-hybridized carbons (Fsp3) is 0.318. The summed E-state index contributed by atoms with van der Waals surface area (Å²) in [6, 6.07) is 8.20. The number of hydrogen-bond acceptors (Lipinski definition) is 9. The van der Waals surface area contributed by atoms with Gasteiger partial charge < -0.3 is 4.90 Å². The van der Waals surface area contributed by atoms with Crippen molar-refractivity contribution in [2.45, 2.75) is 47.9 Å². The number of sulfonamides is 1. The topological polar surface area (TPSA) is 127 Å². The van der Waals surface area contributed by atoms with E-state index in [4.69, 9.17) is 0 Å². The van der Waals surface area contributed by atoms with E-state index in [0.29, 0.717) is 34.7 Å². The van der Waals surface area contributed by atoms with Crippen LogP contribution < -0.4 is 9.62 Å². The molecule has 13 heteroatoms. The Morgan fingerprint density at radius 1 is 1.03 bits per heavy atom. The zero-order valence-electron chi connectivity index (χ0n) is 19.3. The van der Waals surface area contributed by atoms with Crippen LogP contribution in [0.1, 0.15) is 23.4 Å². The average molecular weight is 533 g/mol. The fourth-order valence-corrected chi connectivity index (χ4v) is 7.82. The Labute approximate surface area is 207 Å². The van der Waals surface area contributed by atoms with Crippen LogP contribution in [0.3, 0.4) is 0 Å². The molecular weight excluding hydrogens is 508 g/mol. The molecule has 5 rings (SSSR count). The number of fused-ring (bicyclic) bond motifs is 1. The molecule has 1 fully saturated rings. The van der Waals surface area contributed by atoms with Crippen LogP contribution in [0.5, 0.6) is 0 Å². The lowest BCUT2D eigenvalue weighted by molar-refractivity contribution is 0.316. The van der Waals surface area contributed by atoms with Crippen molar-refractivity contribution in [3.05, 3.63) is 59.6 Å². The van der Waals surface area contributed by atoms with E-state index in [0.717, 1.165) is 16.9 Å². The molecule has 0 saturated heterocycles. The van der Waals surface area contributed by atoms with Gasteiger partial charge in [-0.3, -0.25) is 0 Å². The molecule has 0 spiro atoms. The Morgan fingerprint density at radius 3 is 2.40 bits per heavy atom. The molecule has 0 bridgehead atoms. The van der Waals surface area contributed by atoms with Gasteiger partial charge in [-0.05, 0) is 44.9 Å². The number of thiazole rings is 1. The maximum absolute atomic E-state index is 13.2. The molecular formula is C22H24N6O4S3. The molecule has 1 N–H and O–H groups in total. The van der Waals surface area contributed by atoms with E-state index in [1.54, 1.807) is 37.3 Å². The molecule has 0 amide bonds. The van der Waals surface area contributed by atoms with Gasteiger partial charge in [0.1, 0.15) is 12.1 Å². The summed E-state index contributed by atoms with van der Waals surface area (Å²) in [5.41, 5.74) is 1.26. The lowest BCUT2D eigenvalue weighted by Crippen LogP contribution is -2.53. The molecule has 0 unspecified atom stereocenters. The molecule has 0 atom stereocenters. The van der Waals surface area contributed by atoms with Gasteiger partial charge in [-0.15, -0.1) is 11.3 Å². The monoisotopic (exact) mass is 532 g/mol. The standard InChI is InChI=1S/C22H24N6O4S3/c1-14-4-6-18(7-5-14)35(31,32)28-9-8-19-21(24-13-25-22(19)28)27(3)17-10-16(11-17)26-34(29,30)20-12-23-15(2)33-20/h4-9,12-13,16-17,26H,10-11H2,1-3H3/t16-,17+. The lowest BCUT2D eigenvalue weighted by atomic mass is 9.86. The second-order valence-electron chi connectivity index (χ2n) is 8.62. The summed E-state index contributed by atoms with van der Waals surface area (Å²) in [5.74, 6) is 0.595. The third-order valence-corrected chi connectivity index (χ3v) is 10.8. The van der Waals surface area contributed by atoms with Gasteiger partial charge in [-0.2, -0.15) is 0 Å². The van der Waals surface area contributed by atoms with E-state index in [9.17, 15) is 16.8 Å². The molecule has 10 nitrogen and oxygen atoms in total. The van der Waals surface area contributed by atoms with Crippen LogP contribution in [0, 0.1) is 13.8 Å². The zero-order valence-corrected chi connectivity index (χ0v) is 21.7. The minimum absolute atomic E-state index is 0.0426. The van der Waals surface area contributed by atoms with Crippen molar-refractivity contribution in [2.75, 3.05) is 11.9 Å². The van der Waals surface area contributed by atoms with Gasteiger partial charge in [0.05, 0.1) is 21.5 Å². The van der Waals surface area contributed by atoms with Crippen molar-refractivity contribution >= 4 is 48.2 Å². The van der Waals surface area contributed by atoms with Crippen molar-refractivity contribution in [2.24, 2.45) is 0 Å². The van der Waals surface area contributed by atoms with E-state index in [-0.39, 0.29) is 21.2 Å². The Bertz CT molecular complexity index is 1600. The van der Waals surface area contributed by atoms with E-state index < -0.39 is 20.0 Å². The third kappa shape index (κ3) is 4.33. The first kappa shape index (κ1) is 23.9. The predicted molar refractivity (Wildman–Crippen MR) is 134 cm³/mol. The van der Waals surface area contributed by atoms with Crippen LogP contribution in [-0.4, -0.2) is 54.9 Å². The zero-order chi connectivity index (χ0) is 25.0. The number of aromatic nitrogens is 4. The quantitative estimate of drug-likeness (QED) is 0.385. The SMILES string of the molecule is Cc1ccc(S(=O)(=O)n2ccc3c(N(C)[C@H]4C[C@@H](NS(=O)(=O)c5cnc(C)s5)C4)ncnc32)cc1. The normalized spacial score (nSPS) is 18.5. The molecule has 4 aromatic rings. The van der Waals surface area contributed by atoms with Gasteiger partial charge in [-0.25, -0.2) is 40.5 Å². The summed E-state index contributed by atoms with van der Waals surface area (Å²) in [4.78, 5) is 14.8. The van der Waals surface area contributed by atoms with E-state index in [1.807, 2.05) is 18.9 Å². The van der Waals surface area contributed by atoms with Gasteiger partial charge >= 0.3 is 0 Å². The number of benzene rings is 1. The molecule has 0 radical (unpaired) electrons. The molecule has 3 heterocycles. The predicted octanol–water partition coefficient (Wildman–Crippen LogP) is 2.69. The highest BCUT2D eigenvalue weighted by Crippen LogP contribution is 2.33. The van der Waals surface area contributed by atoms with Crippen molar-refractivity contribution in [1.29, 1.82) is 0 Å². The molecule has 1 saturated carbocycles. The molecule has 1 aliphatic rings. The number of hydrogen-bond donors (Lipinski definition) is 1. The summed E-state index contributed by atoms with van der Waals surface area (Å²) in [5, 5.41) is 1.30. The maximum Gasteiger partial charge on any atom is 0.269 e. The van der Waals surface area contributed by atoms with Crippen LogP contribution in [0.2, 0.25) is 0 Å². The van der Waals surface area contributed by atoms with Crippen molar-refractivity contribution in [1.82, 2.24) is 23.6 Å². The molecule has 3 aromatic heterocycles. The van der Waals surface area contributed by atoms with Gasteiger partial charge in [0.25, 0.3) is 20.0 Å². The first-order valence-electron chi connectivity index (χ1n) is 10.9. The molecule has 35 heavy (non-hydrogen) atoms. The van der Waals surface area contributed by atoms with Gasteiger partial charge in [0.2, 0.25) is 0 Å². The first-order valence-corrected chi connectivity index (χ1v) is 14.6. The fourth-order valence-electron chi connectivity index (χ4n) is 4.13. The minimum atomic E-state index is -3.82. The molecule has 1 aromatic carbocycles. The van der Waals surface area contributed by atoms with Crippen molar-refractivity contribution in [3.63, 3.8) is 0 Å². The van der Waals surface area contributed by atoms with Crippen LogP contribution in [0.4, 0.5) is 5.82 Å². The number of nitrogens with zero attached hydrogens (tertiary/aromatic N) is 5. The van der Waals surface area contributed by atoms with E-state index in [2.05, 4.69) is 19.7 Å². The van der Waals surface area contributed by atoms with Crippen molar-refractivity contribution < 1.29 is 16.8 Å². The van der Waals surface area contributed by atoms with Crippen molar-refractivity contribution in [3.8, 4) is 0 Å². The van der Waals surface area contributed by atoms with Crippen LogP contribution in [0.25, 0.3) is 11.0 Å². The van der Waals surface area contributed by atoms with E-state index >= 15 is 0 Å². The van der Waals surface area contributed by atoms with Gasteiger partial charge in [0.15, 0.2) is 9.86 Å². The average Bonchev–Trinajstić information content (AvgIpc) is 3.43. The smallest absolute Gasteiger partial charge is 0.269 e. The second-order valence-corrected chi connectivity index (χ2v) is 13.6. The van der Waals surface area contributed by atoms with Crippen LogP contribution >= 0.6 is 11.3 Å². The largest absolute Gasteiger partial charge is 0.356 e. The maximum atomic E-state index is 13.2. The van der Waals surface area contributed by atoms with Crippen LogP contribution in [0.15, 0.2) is 58.2 Å². The summed E-state index contributed by atoms with van der Waals surface area (Å²) in [6.07, 6.45) is 5.40. The Hall–Kier alpha value is -2.87. The lowest BCUT2D eigenvalue weighted by Gasteiger charge is -2.41. The number of aryl methyl sites for hydroxylation is 2. The number of rotatable bonds is 7. The number of anilines is 1. The minimum Gasteiger partial charge on any atom is -0.356 e. The molecule has 0 aliphatic heterocycles. The summed E-state index contributed by atoms with van der Waals surface area (Å²) in [7, 11) is -5.55. The summed E-state index contributed by atoms with van der Waals surface area (Å²) in [6.45, 7) is 3.66. The Kier molecular flexibility index (Phi) is 5.90. The summed E-state index contributed by atoms with van der Waals surface area (Å²) >= 11 is 1.14. The number of nitrogens with one attached hydrogen (secondary N) is 1. The highest BCUT2D eigenvalue weighted by atomic mass is 32.2. The van der Waals surface area contributed by atoms with Gasteiger partial charge in [-0.1, -0.05) is 17.7 Å². The molecule has 1 aliphatic carbocycles. The first-order chi connectivity index (χ1) is 16.6. The Morgan fingerprint density at radius 2 is 1.74 bits per heavy atom. The summed E-state index contributed by atoms with van der Waals surface area (Å²) < 4.78 is 55.7. The Balaban J connectivity index is 1.35. The van der Waals surface area contributed by atoms with E-state index in [1.165, 1.54) is 22.7 Å². The highest BCUT2D eigenvalue weighted by molar-refractivity contribution is 7.91. The van der Waals surface area contributed by atoms with Crippen LogP contribution in [-0.2, 0) is 20.0 Å².